The first-order valence-electron chi connectivity index (χ1n) is 13.4. The highest BCUT2D eigenvalue weighted by Gasteiger charge is 2.35. The Bertz CT molecular complexity index is 1390. The van der Waals surface area contributed by atoms with Gasteiger partial charge in [0, 0.05) is 43.9 Å². The van der Waals surface area contributed by atoms with Gasteiger partial charge >= 0.3 is 0 Å². The molecule has 3 aliphatic rings. The van der Waals surface area contributed by atoms with Gasteiger partial charge in [-0.1, -0.05) is 0 Å². The Balaban J connectivity index is 1.21. The smallest absolute Gasteiger partial charge is 0.270 e. The van der Waals surface area contributed by atoms with Crippen LogP contribution in [0.2, 0.25) is 0 Å². The number of oxazole rings is 1. The molecular weight excluding hydrogens is 484 g/mol. The monoisotopic (exact) mass is 516 g/mol. The predicted octanol–water partition coefficient (Wildman–Crippen LogP) is 1.97. The van der Waals surface area contributed by atoms with Crippen molar-refractivity contribution in [2.45, 2.75) is 50.1 Å². The Morgan fingerprint density at radius 2 is 1.95 bits per heavy atom. The fourth-order valence-electron chi connectivity index (χ4n) is 4.93. The molecule has 198 valence electrons. The number of likely N-dealkylation sites (N-methyl/N-ethyl adjacent to an activating group) is 1. The summed E-state index contributed by atoms with van der Waals surface area (Å²) in [6.07, 6.45) is 4.25. The van der Waals surface area contributed by atoms with Crippen LogP contribution in [-0.4, -0.2) is 77.3 Å². The zero-order valence-corrected chi connectivity index (χ0v) is 21.5. The minimum atomic E-state index is -0.951. The fourth-order valence-corrected chi connectivity index (χ4v) is 4.93. The van der Waals surface area contributed by atoms with E-state index in [1.807, 2.05) is 35.0 Å². The molecule has 0 radical (unpaired) electrons. The van der Waals surface area contributed by atoms with Gasteiger partial charge in [0.1, 0.15) is 23.8 Å². The normalized spacial score (nSPS) is 18.8. The van der Waals surface area contributed by atoms with E-state index < -0.39 is 11.9 Å². The standard InChI is InChI=1S/C27H32N8O3/c1-33-10-12-34(13-11-33)19-6-7-20-24(14-19)38-25(30-20)16-22(26(36)29-9-8-28)31-27(37)23-15-21(17-2-3-17)32-35(23)18-4-5-18/h6-7,14-15,17-18,22H,2-5,9-13,16H2,1H3,(H,29,36)(H,31,37)/t22-/m0/s1. The molecule has 6 rings (SSSR count). The summed E-state index contributed by atoms with van der Waals surface area (Å²) in [4.78, 5) is 35.5. The topological polar surface area (TPSA) is 132 Å². The van der Waals surface area contributed by atoms with Gasteiger partial charge in [-0.2, -0.15) is 10.4 Å². The molecule has 1 saturated heterocycles. The molecule has 1 aromatic carbocycles. The molecule has 2 N–H and O–H groups in total. The molecule has 1 aliphatic heterocycles. The number of aromatic nitrogens is 3. The number of amides is 2. The van der Waals surface area contributed by atoms with Crippen molar-refractivity contribution in [1.29, 1.82) is 5.26 Å². The van der Waals surface area contributed by atoms with Gasteiger partial charge in [-0.25, -0.2) is 4.98 Å². The van der Waals surface area contributed by atoms with Crippen LogP contribution in [0.1, 0.15) is 59.7 Å². The zero-order valence-electron chi connectivity index (χ0n) is 21.5. The lowest BCUT2D eigenvalue weighted by Gasteiger charge is -2.33. The number of rotatable bonds is 9. The van der Waals surface area contributed by atoms with Gasteiger partial charge in [0.15, 0.2) is 11.5 Å². The lowest BCUT2D eigenvalue weighted by molar-refractivity contribution is -0.122. The van der Waals surface area contributed by atoms with Crippen LogP contribution in [-0.2, 0) is 11.2 Å². The largest absolute Gasteiger partial charge is 0.441 e. The van der Waals surface area contributed by atoms with Gasteiger partial charge in [0.25, 0.3) is 5.91 Å². The molecule has 1 atom stereocenters. The third kappa shape index (κ3) is 5.22. The highest BCUT2D eigenvalue weighted by molar-refractivity contribution is 5.96. The van der Waals surface area contributed by atoms with E-state index in [9.17, 15) is 9.59 Å². The van der Waals surface area contributed by atoms with Crippen molar-refractivity contribution in [1.82, 2.24) is 30.3 Å². The number of carbonyl (C=O) groups excluding carboxylic acids is 2. The van der Waals surface area contributed by atoms with Crippen LogP contribution in [0.5, 0.6) is 0 Å². The van der Waals surface area contributed by atoms with Crippen molar-refractivity contribution < 1.29 is 14.0 Å². The lowest BCUT2D eigenvalue weighted by Crippen LogP contribution is -2.48. The molecule has 3 heterocycles. The minimum absolute atomic E-state index is 0.0641. The predicted molar refractivity (Wildman–Crippen MR) is 140 cm³/mol. The second-order valence-electron chi connectivity index (χ2n) is 10.6. The van der Waals surface area contributed by atoms with Crippen molar-refractivity contribution in [3.05, 3.63) is 41.5 Å². The molecule has 11 nitrogen and oxygen atoms in total. The lowest BCUT2D eigenvalue weighted by atomic mass is 10.1. The van der Waals surface area contributed by atoms with E-state index in [4.69, 9.17) is 14.8 Å². The van der Waals surface area contributed by atoms with Crippen LogP contribution in [0.25, 0.3) is 11.1 Å². The average molecular weight is 517 g/mol. The number of nitriles is 1. The maximum Gasteiger partial charge on any atom is 0.270 e. The van der Waals surface area contributed by atoms with E-state index >= 15 is 0 Å². The summed E-state index contributed by atoms with van der Waals surface area (Å²) in [7, 11) is 2.12. The second-order valence-corrected chi connectivity index (χ2v) is 10.6. The summed E-state index contributed by atoms with van der Waals surface area (Å²) in [5, 5.41) is 19.1. The van der Waals surface area contributed by atoms with Gasteiger partial charge in [-0.05, 0) is 50.9 Å². The Hall–Kier alpha value is -3.91. The van der Waals surface area contributed by atoms with E-state index in [0.29, 0.717) is 28.6 Å². The van der Waals surface area contributed by atoms with E-state index in [-0.39, 0.29) is 24.9 Å². The first-order valence-corrected chi connectivity index (χ1v) is 13.4. The highest BCUT2D eigenvalue weighted by atomic mass is 16.3. The Kier molecular flexibility index (Phi) is 6.49. The Morgan fingerprint density at radius 1 is 1.16 bits per heavy atom. The summed E-state index contributed by atoms with van der Waals surface area (Å²) < 4.78 is 7.86. The first kappa shape index (κ1) is 24.4. The third-order valence-corrected chi connectivity index (χ3v) is 7.50. The SMILES string of the molecule is CN1CCN(c2ccc3nc(C[C@H](NC(=O)c4cc(C5CC5)nn4C4CC4)C(=O)NCC#N)oc3c2)CC1. The van der Waals surface area contributed by atoms with Crippen molar-refractivity contribution in [2.75, 3.05) is 44.7 Å². The van der Waals surface area contributed by atoms with E-state index in [1.54, 1.807) is 0 Å². The number of carbonyl (C=O) groups is 2. The van der Waals surface area contributed by atoms with Gasteiger partial charge in [0.05, 0.1) is 24.2 Å². The Morgan fingerprint density at radius 3 is 2.66 bits per heavy atom. The molecule has 2 aliphatic carbocycles. The number of benzene rings is 1. The minimum Gasteiger partial charge on any atom is -0.441 e. The zero-order chi connectivity index (χ0) is 26.2. The van der Waals surface area contributed by atoms with Crippen LogP contribution in [0.15, 0.2) is 28.7 Å². The van der Waals surface area contributed by atoms with Crippen LogP contribution < -0.4 is 15.5 Å². The molecule has 3 aromatic rings. The van der Waals surface area contributed by atoms with Gasteiger partial charge in [0.2, 0.25) is 5.91 Å². The summed E-state index contributed by atoms with van der Waals surface area (Å²) in [6.45, 7) is 3.73. The van der Waals surface area contributed by atoms with Crippen LogP contribution in [0, 0.1) is 11.3 Å². The van der Waals surface area contributed by atoms with Gasteiger partial charge < -0.3 is 24.9 Å². The number of hydrogen-bond donors (Lipinski definition) is 2. The van der Waals surface area contributed by atoms with E-state index in [2.05, 4.69) is 32.5 Å². The molecule has 0 bridgehead atoms. The third-order valence-electron chi connectivity index (χ3n) is 7.50. The van der Waals surface area contributed by atoms with E-state index in [0.717, 1.165) is 63.2 Å². The number of fused-ring (bicyclic) bond motifs is 1. The molecule has 38 heavy (non-hydrogen) atoms. The molecule has 2 aromatic heterocycles. The average Bonchev–Trinajstić information content (AvgIpc) is 3.86. The van der Waals surface area contributed by atoms with Crippen molar-refractivity contribution in [2.24, 2.45) is 0 Å². The molecular formula is C27H32N8O3. The van der Waals surface area contributed by atoms with Crippen LogP contribution in [0.3, 0.4) is 0 Å². The summed E-state index contributed by atoms with van der Waals surface area (Å²) >= 11 is 0. The fraction of sp³-hybridized carbons (Fsp3) is 0.519. The Labute approximate surface area is 220 Å². The first-order chi connectivity index (χ1) is 18.5. The van der Waals surface area contributed by atoms with Crippen molar-refractivity contribution >= 4 is 28.6 Å². The van der Waals surface area contributed by atoms with E-state index in [1.165, 1.54) is 0 Å². The quantitative estimate of drug-likeness (QED) is 0.413. The molecule has 3 fully saturated rings. The van der Waals surface area contributed by atoms with Gasteiger partial charge in [-0.3, -0.25) is 14.3 Å². The second kappa shape index (κ2) is 10.1. The van der Waals surface area contributed by atoms with Crippen LogP contribution >= 0.6 is 0 Å². The maximum atomic E-state index is 13.4. The highest BCUT2D eigenvalue weighted by Crippen LogP contribution is 2.42. The number of piperazine rings is 1. The number of anilines is 1. The maximum absolute atomic E-state index is 13.4. The number of nitrogens with one attached hydrogen (secondary N) is 2. The number of hydrogen-bond acceptors (Lipinski definition) is 8. The number of nitrogens with zero attached hydrogens (tertiary/aromatic N) is 6. The summed E-state index contributed by atoms with van der Waals surface area (Å²) in [5.74, 6) is -0.0453. The molecule has 2 amide bonds. The van der Waals surface area contributed by atoms with Crippen molar-refractivity contribution in [3.8, 4) is 6.07 Å². The van der Waals surface area contributed by atoms with Gasteiger partial charge in [-0.15, -0.1) is 0 Å². The summed E-state index contributed by atoms with van der Waals surface area (Å²) in [5.41, 5.74) is 3.83. The van der Waals surface area contributed by atoms with Crippen molar-refractivity contribution in [3.63, 3.8) is 0 Å². The summed E-state index contributed by atoms with van der Waals surface area (Å²) in [6, 6.07) is 9.00. The molecule has 2 saturated carbocycles. The van der Waals surface area contributed by atoms with Crippen LogP contribution in [0.4, 0.5) is 5.69 Å². The molecule has 0 unspecified atom stereocenters. The molecule has 11 heteroatoms. The molecule has 0 spiro atoms.